The predicted molar refractivity (Wildman–Crippen MR) is 79.7 cm³/mol. The highest BCUT2D eigenvalue weighted by Gasteiger charge is 2.37. The maximum absolute atomic E-state index is 12.2. The fraction of sp³-hybridized carbons (Fsp3) is 0.467. The summed E-state index contributed by atoms with van der Waals surface area (Å²) in [6.45, 7) is 5.90. The molecule has 21 heavy (non-hydrogen) atoms. The Hall–Kier alpha value is -1.43. The molecule has 2 aliphatic heterocycles. The third-order valence-electron chi connectivity index (χ3n) is 3.77. The van der Waals surface area contributed by atoms with Crippen LogP contribution in [0, 0.1) is 0 Å². The number of rotatable bonds is 2. The molecule has 0 N–H and O–H groups in total. The van der Waals surface area contributed by atoms with Gasteiger partial charge in [0.2, 0.25) is 0 Å². The molecule has 0 radical (unpaired) electrons. The number of hydrogen-bond acceptors (Lipinski definition) is 4. The number of ether oxygens (including phenoxy) is 1. The standard InChI is InChI=1S/C15H17ClN2O3/c1-9-6-17(7-10(2)21-9)8-18-13-4-3-11(16)5-12(13)14(19)15(18)20/h3-5,9-10H,6-8H2,1-2H3/t9-,10-/m1/s1. The van der Waals surface area contributed by atoms with Crippen molar-refractivity contribution in [3.05, 3.63) is 28.8 Å². The number of nitrogens with zero attached hydrogens (tertiary/aromatic N) is 2. The highest BCUT2D eigenvalue weighted by Crippen LogP contribution is 2.31. The van der Waals surface area contributed by atoms with E-state index >= 15 is 0 Å². The molecule has 1 amide bonds. The zero-order valence-corrected chi connectivity index (χ0v) is 12.8. The third-order valence-corrected chi connectivity index (χ3v) is 4.01. The summed E-state index contributed by atoms with van der Waals surface area (Å²) in [4.78, 5) is 27.9. The monoisotopic (exact) mass is 308 g/mol. The lowest BCUT2D eigenvalue weighted by Gasteiger charge is -2.37. The van der Waals surface area contributed by atoms with E-state index in [-0.39, 0.29) is 12.2 Å². The number of morpholine rings is 1. The maximum atomic E-state index is 12.2. The quantitative estimate of drug-likeness (QED) is 0.784. The minimum atomic E-state index is -0.487. The lowest BCUT2D eigenvalue weighted by atomic mass is 10.1. The van der Waals surface area contributed by atoms with Crippen molar-refractivity contribution in [1.82, 2.24) is 4.90 Å². The van der Waals surface area contributed by atoms with Crippen molar-refractivity contribution in [2.24, 2.45) is 0 Å². The van der Waals surface area contributed by atoms with Crippen LogP contribution in [-0.4, -0.2) is 48.6 Å². The molecule has 2 atom stereocenters. The summed E-state index contributed by atoms with van der Waals surface area (Å²) in [5.74, 6) is -0.971. The highest BCUT2D eigenvalue weighted by atomic mass is 35.5. The Bertz CT molecular complexity index is 595. The molecular formula is C15H17ClN2O3. The van der Waals surface area contributed by atoms with Crippen molar-refractivity contribution in [3.8, 4) is 0 Å². The molecule has 0 unspecified atom stereocenters. The van der Waals surface area contributed by atoms with Crippen molar-refractivity contribution in [2.45, 2.75) is 26.1 Å². The Morgan fingerprint density at radius 1 is 1.24 bits per heavy atom. The molecular weight excluding hydrogens is 292 g/mol. The van der Waals surface area contributed by atoms with Gasteiger partial charge >= 0.3 is 5.91 Å². The number of ketones is 1. The SMILES string of the molecule is C[C@@H]1CN(CN2C(=O)C(=O)c3cc(Cl)ccc32)C[C@@H](C)O1. The molecule has 0 spiro atoms. The smallest absolute Gasteiger partial charge is 0.300 e. The second-order valence-corrected chi connectivity index (χ2v) is 6.09. The second kappa shape index (κ2) is 5.40. The fourth-order valence-electron chi connectivity index (χ4n) is 3.01. The highest BCUT2D eigenvalue weighted by molar-refractivity contribution is 6.52. The number of anilines is 1. The topological polar surface area (TPSA) is 49.9 Å². The molecule has 1 fully saturated rings. The van der Waals surface area contributed by atoms with Crippen LogP contribution in [0.1, 0.15) is 24.2 Å². The van der Waals surface area contributed by atoms with E-state index < -0.39 is 11.7 Å². The van der Waals surface area contributed by atoms with Crippen LogP contribution in [0.5, 0.6) is 0 Å². The summed E-state index contributed by atoms with van der Waals surface area (Å²) in [5.41, 5.74) is 1.03. The molecule has 112 valence electrons. The Morgan fingerprint density at radius 2 is 1.90 bits per heavy atom. The van der Waals surface area contributed by atoms with Crippen molar-refractivity contribution in [3.63, 3.8) is 0 Å². The van der Waals surface area contributed by atoms with Crippen molar-refractivity contribution in [1.29, 1.82) is 0 Å². The molecule has 0 aromatic heterocycles. The van der Waals surface area contributed by atoms with Gasteiger partial charge in [-0.1, -0.05) is 11.6 Å². The van der Waals surface area contributed by atoms with Crippen LogP contribution in [0.25, 0.3) is 0 Å². The van der Waals surface area contributed by atoms with Crippen LogP contribution < -0.4 is 4.90 Å². The van der Waals surface area contributed by atoms with Gasteiger partial charge in [0.25, 0.3) is 5.78 Å². The lowest BCUT2D eigenvalue weighted by molar-refractivity contribution is -0.115. The molecule has 0 aliphatic carbocycles. The van der Waals surface area contributed by atoms with E-state index in [4.69, 9.17) is 16.3 Å². The summed E-state index contributed by atoms with van der Waals surface area (Å²) in [5, 5.41) is 0.463. The van der Waals surface area contributed by atoms with E-state index in [1.165, 1.54) is 4.90 Å². The first kappa shape index (κ1) is 14.5. The van der Waals surface area contributed by atoms with Crippen LogP contribution in [-0.2, 0) is 9.53 Å². The van der Waals surface area contributed by atoms with E-state index in [0.29, 0.717) is 22.9 Å². The van der Waals surface area contributed by atoms with E-state index in [9.17, 15) is 9.59 Å². The molecule has 2 aliphatic rings. The first-order valence-corrected chi connectivity index (χ1v) is 7.37. The molecule has 6 heteroatoms. The number of hydrogen-bond donors (Lipinski definition) is 0. The molecule has 3 rings (SSSR count). The number of carbonyl (C=O) groups is 2. The average Bonchev–Trinajstić information content (AvgIpc) is 2.63. The van der Waals surface area contributed by atoms with Gasteiger partial charge in [-0.2, -0.15) is 0 Å². The molecule has 1 saturated heterocycles. The second-order valence-electron chi connectivity index (χ2n) is 5.66. The number of amides is 1. The van der Waals surface area contributed by atoms with Gasteiger partial charge in [-0.3, -0.25) is 19.4 Å². The summed E-state index contributed by atoms with van der Waals surface area (Å²) in [7, 11) is 0. The Kier molecular flexibility index (Phi) is 3.73. The minimum Gasteiger partial charge on any atom is -0.373 e. The summed E-state index contributed by atoms with van der Waals surface area (Å²) < 4.78 is 5.68. The average molecular weight is 309 g/mol. The van der Waals surface area contributed by atoms with E-state index in [1.807, 2.05) is 13.8 Å². The molecule has 0 saturated carbocycles. The van der Waals surface area contributed by atoms with Gasteiger partial charge in [0, 0.05) is 18.1 Å². The van der Waals surface area contributed by atoms with Crippen LogP contribution in [0.2, 0.25) is 5.02 Å². The van der Waals surface area contributed by atoms with E-state index in [0.717, 1.165) is 13.1 Å². The number of Topliss-reactive ketones (excluding diaryl/α,β-unsaturated/α-hetero) is 1. The molecule has 1 aromatic rings. The Morgan fingerprint density at radius 3 is 2.57 bits per heavy atom. The van der Waals surface area contributed by atoms with Crippen molar-refractivity contribution in [2.75, 3.05) is 24.7 Å². The van der Waals surface area contributed by atoms with Gasteiger partial charge < -0.3 is 4.74 Å². The van der Waals surface area contributed by atoms with Gasteiger partial charge in [0.15, 0.2) is 0 Å². The van der Waals surface area contributed by atoms with E-state index in [1.54, 1.807) is 18.2 Å². The van der Waals surface area contributed by atoms with Crippen LogP contribution in [0.15, 0.2) is 18.2 Å². The van der Waals surface area contributed by atoms with E-state index in [2.05, 4.69) is 4.90 Å². The maximum Gasteiger partial charge on any atom is 0.300 e. The summed E-state index contributed by atoms with van der Waals surface area (Å²) in [6.07, 6.45) is 0.235. The number of benzene rings is 1. The largest absolute Gasteiger partial charge is 0.373 e. The normalized spacial score (nSPS) is 26.3. The Labute approximate surface area is 128 Å². The van der Waals surface area contributed by atoms with Crippen LogP contribution in [0.3, 0.4) is 0 Å². The van der Waals surface area contributed by atoms with Crippen molar-refractivity contribution < 1.29 is 14.3 Å². The molecule has 2 heterocycles. The zero-order valence-electron chi connectivity index (χ0n) is 12.0. The predicted octanol–water partition coefficient (Wildman–Crippen LogP) is 1.94. The lowest BCUT2D eigenvalue weighted by Crippen LogP contribution is -2.50. The Balaban J connectivity index is 1.83. The van der Waals surface area contributed by atoms with Crippen molar-refractivity contribution >= 4 is 29.0 Å². The number of carbonyl (C=O) groups excluding carboxylic acids is 2. The van der Waals surface area contributed by atoms with Crippen LogP contribution in [0.4, 0.5) is 5.69 Å². The first-order valence-electron chi connectivity index (χ1n) is 6.99. The fourth-order valence-corrected chi connectivity index (χ4v) is 3.19. The zero-order chi connectivity index (χ0) is 15.1. The van der Waals surface area contributed by atoms with Gasteiger partial charge in [0.1, 0.15) is 0 Å². The summed E-state index contributed by atoms with van der Waals surface area (Å²) in [6, 6.07) is 4.99. The van der Waals surface area contributed by atoms with Gasteiger partial charge in [-0.25, -0.2) is 0 Å². The number of halogens is 1. The van der Waals surface area contributed by atoms with Gasteiger partial charge in [0.05, 0.1) is 30.1 Å². The first-order chi connectivity index (χ1) is 9.95. The third kappa shape index (κ3) is 2.69. The molecule has 0 bridgehead atoms. The summed E-state index contributed by atoms with van der Waals surface area (Å²) >= 11 is 5.91. The van der Waals surface area contributed by atoms with Gasteiger partial charge in [-0.15, -0.1) is 0 Å². The molecule has 1 aromatic carbocycles. The van der Waals surface area contributed by atoms with Crippen LogP contribution >= 0.6 is 11.6 Å². The van der Waals surface area contributed by atoms with Gasteiger partial charge in [-0.05, 0) is 32.0 Å². The molecule has 5 nitrogen and oxygen atoms in total. The number of fused-ring (bicyclic) bond motifs is 1. The minimum absolute atomic E-state index is 0.117.